The van der Waals surface area contributed by atoms with Crippen molar-refractivity contribution in [2.24, 2.45) is 0 Å². The van der Waals surface area contributed by atoms with Crippen molar-refractivity contribution >= 4 is 17.0 Å². The third kappa shape index (κ3) is 2.93. The standard InChI is InChI=1S/C22H20N4O2/c1-4-26-19-8-6-15(22(27)28)12-18(19)24-21(26)17-9-10-23-25-20(17)16-7-5-13(2)11-14(16)3/h5-12H,4H2,1-3H3,(H,27,28). The lowest BCUT2D eigenvalue weighted by Gasteiger charge is -2.12. The second-order valence-corrected chi connectivity index (χ2v) is 6.80. The monoisotopic (exact) mass is 372 g/mol. The van der Waals surface area contributed by atoms with Crippen molar-refractivity contribution < 1.29 is 9.90 Å². The zero-order valence-corrected chi connectivity index (χ0v) is 16.0. The zero-order valence-electron chi connectivity index (χ0n) is 16.0. The van der Waals surface area contributed by atoms with Crippen LogP contribution in [0, 0.1) is 13.8 Å². The summed E-state index contributed by atoms with van der Waals surface area (Å²) in [6, 6.07) is 13.2. The molecule has 6 nitrogen and oxygen atoms in total. The van der Waals surface area contributed by atoms with Gasteiger partial charge >= 0.3 is 5.97 Å². The van der Waals surface area contributed by atoms with Crippen molar-refractivity contribution in [1.29, 1.82) is 0 Å². The molecule has 0 aliphatic rings. The molecule has 6 heteroatoms. The number of carboxylic acid groups (broad SMARTS) is 1. The predicted molar refractivity (Wildman–Crippen MR) is 108 cm³/mol. The molecule has 4 aromatic rings. The van der Waals surface area contributed by atoms with Crippen LogP contribution >= 0.6 is 0 Å². The second-order valence-electron chi connectivity index (χ2n) is 6.80. The first-order valence-corrected chi connectivity index (χ1v) is 9.13. The van der Waals surface area contributed by atoms with Gasteiger partial charge in [0.15, 0.2) is 0 Å². The molecule has 2 aromatic carbocycles. The SMILES string of the molecule is CCn1c(-c2ccnnc2-c2ccc(C)cc2C)nc2cc(C(=O)O)ccc21. The molecule has 28 heavy (non-hydrogen) atoms. The highest BCUT2D eigenvalue weighted by Crippen LogP contribution is 2.33. The molecule has 0 unspecified atom stereocenters. The Morgan fingerprint density at radius 2 is 1.89 bits per heavy atom. The van der Waals surface area contributed by atoms with Gasteiger partial charge in [0.05, 0.1) is 22.8 Å². The Balaban J connectivity index is 1.97. The van der Waals surface area contributed by atoms with E-state index in [0.29, 0.717) is 12.1 Å². The number of hydrogen-bond donors (Lipinski definition) is 1. The Kier molecular flexibility index (Phi) is 4.39. The van der Waals surface area contributed by atoms with Gasteiger partial charge in [-0.15, -0.1) is 5.10 Å². The molecule has 0 aliphatic heterocycles. The van der Waals surface area contributed by atoms with E-state index in [1.165, 1.54) is 5.56 Å². The summed E-state index contributed by atoms with van der Waals surface area (Å²) < 4.78 is 2.07. The summed E-state index contributed by atoms with van der Waals surface area (Å²) in [7, 11) is 0. The largest absolute Gasteiger partial charge is 0.478 e. The molecule has 4 rings (SSSR count). The van der Waals surface area contributed by atoms with Crippen LogP contribution in [0.4, 0.5) is 0 Å². The molecule has 140 valence electrons. The normalized spacial score (nSPS) is 11.1. The van der Waals surface area contributed by atoms with Gasteiger partial charge in [-0.2, -0.15) is 5.10 Å². The Labute approximate surface area is 162 Å². The fourth-order valence-corrected chi connectivity index (χ4v) is 3.58. The molecule has 0 spiro atoms. The highest BCUT2D eigenvalue weighted by molar-refractivity contribution is 5.94. The van der Waals surface area contributed by atoms with Gasteiger partial charge in [0.1, 0.15) is 11.5 Å². The minimum absolute atomic E-state index is 0.224. The number of imidazole rings is 1. The van der Waals surface area contributed by atoms with Crippen LogP contribution in [-0.2, 0) is 6.54 Å². The van der Waals surface area contributed by atoms with Gasteiger partial charge in [0, 0.05) is 17.7 Å². The highest BCUT2D eigenvalue weighted by atomic mass is 16.4. The molecule has 0 atom stereocenters. The lowest BCUT2D eigenvalue weighted by molar-refractivity contribution is 0.0697. The van der Waals surface area contributed by atoms with E-state index in [1.54, 1.807) is 18.3 Å². The van der Waals surface area contributed by atoms with Gasteiger partial charge in [0.2, 0.25) is 0 Å². The number of nitrogens with zero attached hydrogens (tertiary/aromatic N) is 4. The topological polar surface area (TPSA) is 80.9 Å². The lowest BCUT2D eigenvalue weighted by atomic mass is 9.99. The molecule has 2 heterocycles. The molecule has 0 bridgehead atoms. The second kappa shape index (κ2) is 6.88. The van der Waals surface area contributed by atoms with E-state index in [-0.39, 0.29) is 5.56 Å². The summed E-state index contributed by atoms with van der Waals surface area (Å²) in [6.07, 6.45) is 1.66. The quantitative estimate of drug-likeness (QED) is 0.571. The molecule has 0 aliphatic carbocycles. The number of carbonyl (C=O) groups is 1. The summed E-state index contributed by atoms with van der Waals surface area (Å²) in [5, 5.41) is 17.8. The van der Waals surface area contributed by atoms with E-state index in [2.05, 4.69) is 46.8 Å². The number of aromatic carboxylic acids is 1. The molecule has 0 amide bonds. The number of aromatic nitrogens is 4. The van der Waals surface area contributed by atoms with Crippen molar-refractivity contribution in [3.05, 3.63) is 65.4 Å². The molecular weight excluding hydrogens is 352 g/mol. The number of benzene rings is 2. The van der Waals surface area contributed by atoms with Gasteiger partial charge in [-0.1, -0.05) is 23.8 Å². The van der Waals surface area contributed by atoms with Crippen LogP contribution in [-0.4, -0.2) is 30.8 Å². The average Bonchev–Trinajstić information content (AvgIpc) is 3.05. The first kappa shape index (κ1) is 17.9. The molecule has 0 saturated carbocycles. The lowest BCUT2D eigenvalue weighted by Crippen LogP contribution is -2.01. The third-order valence-corrected chi connectivity index (χ3v) is 4.91. The fraction of sp³-hybridized carbons (Fsp3) is 0.182. The number of hydrogen-bond acceptors (Lipinski definition) is 4. The first-order chi connectivity index (χ1) is 13.5. The fourth-order valence-electron chi connectivity index (χ4n) is 3.58. The van der Waals surface area contributed by atoms with Crippen molar-refractivity contribution in [1.82, 2.24) is 19.7 Å². The Morgan fingerprint density at radius 1 is 1.07 bits per heavy atom. The van der Waals surface area contributed by atoms with Gasteiger partial charge in [-0.25, -0.2) is 9.78 Å². The smallest absolute Gasteiger partial charge is 0.335 e. The van der Waals surface area contributed by atoms with Crippen LogP contribution in [0.25, 0.3) is 33.7 Å². The van der Waals surface area contributed by atoms with E-state index in [1.807, 2.05) is 19.1 Å². The predicted octanol–water partition coefficient (Wildman–Crippen LogP) is 4.50. The van der Waals surface area contributed by atoms with Gasteiger partial charge in [0.25, 0.3) is 0 Å². The summed E-state index contributed by atoms with van der Waals surface area (Å²) in [6.45, 7) is 6.86. The first-order valence-electron chi connectivity index (χ1n) is 9.13. The number of fused-ring (bicyclic) bond motifs is 1. The maximum atomic E-state index is 11.3. The summed E-state index contributed by atoms with van der Waals surface area (Å²) in [4.78, 5) is 16.1. The van der Waals surface area contributed by atoms with E-state index in [9.17, 15) is 9.90 Å². The summed E-state index contributed by atoms with van der Waals surface area (Å²) >= 11 is 0. The molecule has 2 aromatic heterocycles. The maximum absolute atomic E-state index is 11.3. The van der Waals surface area contributed by atoms with Crippen molar-refractivity contribution in [3.8, 4) is 22.6 Å². The molecule has 1 N–H and O–H groups in total. The minimum Gasteiger partial charge on any atom is -0.478 e. The van der Waals surface area contributed by atoms with Crippen LogP contribution in [0.2, 0.25) is 0 Å². The van der Waals surface area contributed by atoms with Crippen LogP contribution in [0.3, 0.4) is 0 Å². The van der Waals surface area contributed by atoms with Gasteiger partial charge in [-0.3, -0.25) is 0 Å². The van der Waals surface area contributed by atoms with Crippen LogP contribution in [0.15, 0.2) is 48.7 Å². The van der Waals surface area contributed by atoms with Crippen LogP contribution < -0.4 is 0 Å². The molecular formula is C22H20N4O2. The van der Waals surface area contributed by atoms with Crippen molar-refractivity contribution in [2.75, 3.05) is 0 Å². The van der Waals surface area contributed by atoms with Crippen LogP contribution in [0.5, 0.6) is 0 Å². The van der Waals surface area contributed by atoms with Crippen molar-refractivity contribution in [2.45, 2.75) is 27.3 Å². The van der Waals surface area contributed by atoms with Crippen LogP contribution in [0.1, 0.15) is 28.4 Å². The number of aryl methyl sites for hydroxylation is 3. The number of rotatable bonds is 4. The molecule has 0 radical (unpaired) electrons. The van der Waals surface area contributed by atoms with E-state index in [0.717, 1.165) is 33.7 Å². The molecule has 0 saturated heterocycles. The number of carboxylic acids is 1. The Bertz CT molecular complexity index is 1210. The highest BCUT2D eigenvalue weighted by Gasteiger charge is 2.19. The van der Waals surface area contributed by atoms with E-state index < -0.39 is 5.97 Å². The summed E-state index contributed by atoms with van der Waals surface area (Å²) in [5.41, 5.74) is 6.73. The zero-order chi connectivity index (χ0) is 19.8. The Hall–Kier alpha value is -3.54. The summed E-state index contributed by atoms with van der Waals surface area (Å²) in [5.74, 6) is -0.207. The maximum Gasteiger partial charge on any atom is 0.335 e. The Morgan fingerprint density at radius 3 is 2.61 bits per heavy atom. The van der Waals surface area contributed by atoms with Gasteiger partial charge < -0.3 is 9.67 Å². The average molecular weight is 372 g/mol. The van der Waals surface area contributed by atoms with Crippen molar-refractivity contribution in [3.63, 3.8) is 0 Å². The van der Waals surface area contributed by atoms with E-state index >= 15 is 0 Å². The molecule has 0 fully saturated rings. The van der Waals surface area contributed by atoms with E-state index in [4.69, 9.17) is 4.98 Å². The third-order valence-electron chi connectivity index (χ3n) is 4.91. The van der Waals surface area contributed by atoms with Gasteiger partial charge in [-0.05, 0) is 50.6 Å². The minimum atomic E-state index is -0.962.